The highest BCUT2D eigenvalue weighted by molar-refractivity contribution is 5.21. The highest BCUT2D eigenvalue weighted by Gasteiger charge is 2.16. The molecular weight excluding hydrogens is 190 g/mol. The van der Waals surface area contributed by atoms with Gasteiger partial charge in [-0.1, -0.05) is 0 Å². The second-order valence-electron chi connectivity index (χ2n) is 4.09. The summed E-state index contributed by atoms with van der Waals surface area (Å²) in [6.45, 7) is 1.99. The number of nitrogens with zero attached hydrogens (tertiary/aromatic N) is 1. The highest BCUT2D eigenvalue weighted by Crippen LogP contribution is 2.17. The third-order valence-electron chi connectivity index (χ3n) is 3.05. The van der Waals surface area contributed by atoms with Crippen LogP contribution in [0.15, 0.2) is 4.79 Å². The summed E-state index contributed by atoms with van der Waals surface area (Å²) >= 11 is 0. The molecule has 82 valence electrons. The molecule has 1 aliphatic carbocycles. The molecule has 4 nitrogen and oxygen atoms in total. The average molecular weight is 207 g/mol. The Kier molecular flexibility index (Phi) is 2.86. The summed E-state index contributed by atoms with van der Waals surface area (Å²) in [7, 11) is 1.87. The predicted octanol–water partition coefficient (Wildman–Crippen LogP) is 0.929. The maximum atomic E-state index is 11.8. The van der Waals surface area contributed by atoms with Crippen LogP contribution in [0.5, 0.6) is 0 Å². The Labute approximate surface area is 89.1 Å². The summed E-state index contributed by atoms with van der Waals surface area (Å²) < 4.78 is 0. The van der Waals surface area contributed by atoms with Crippen LogP contribution in [0.3, 0.4) is 0 Å². The molecule has 0 bridgehead atoms. The van der Waals surface area contributed by atoms with E-state index in [2.05, 4.69) is 15.3 Å². The van der Waals surface area contributed by atoms with Gasteiger partial charge in [0.05, 0.1) is 11.7 Å². The van der Waals surface area contributed by atoms with Crippen molar-refractivity contribution in [3.05, 3.63) is 27.4 Å². The number of aromatic nitrogens is 2. The molecule has 0 aromatic carbocycles. The molecule has 0 fully saturated rings. The lowest BCUT2D eigenvalue weighted by Crippen LogP contribution is -2.26. The van der Waals surface area contributed by atoms with E-state index in [1.54, 1.807) is 0 Å². The summed E-state index contributed by atoms with van der Waals surface area (Å²) in [4.78, 5) is 19.2. The van der Waals surface area contributed by atoms with E-state index in [0.29, 0.717) is 0 Å². The molecule has 0 saturated carbocycles. The van der Waals surface area contributed by atoms with Crippen LogP contribution in [0.25, 0.3) is 0 Å². The van der Waals surface area contributed by atoms with E-state index in [1.165, 1.54) is 0 Å². The molecule has 0 aliphatic heterocycles. The van der Waals surface area contributed by atoms with Crippen LogP contribution in [0.4, 0.5) is 0 Å². The minimum atomic E-state index is 0.0526. The fourth-order valence-electron chi connectivity index (χ4n) is 1.96. The fraction of sp³-hybridized carbons (Fsp3) is 0.636. The van der Waals surface area contributed by atoms with Gasteiger partial charge in [-0.3, -0.25) is 4.79 Å². The lowest BCUT2D eigenvalue weighted by atomic mass is 9.97. The molecule has 2 rings (SSSR count). The Morgan fingerprint density at radius 2 is 2.13 bits per heavy atom. The molecule has 1 aromatic rings. The Balaban J connectivity index is 2.45. The molecule has 1 unspecified atom stereocenters. The topological polar surface area (TPSA) is 57.8 Å². The third-order valence-corrected chi connectivity index (χ3v) is 3.05. The van der Waals surface area contributed by atoms with E-state index in [-0.39, 0.29) is 11.6 Å². The Bertz CT molecular complexity index is 411. The molecule has 2 N–H and O–H groups in total. The summed E-state index contributed by atoms with van der Waals surface area (Å²) in [5.41, 5.74) is 1.95. The number of nitrogens with one attached hydrogen (secondary N) is 2. The average Bonchev–Trinajstić information content (AvgIpc) is 2.28. The Morgan fingerprint density at radius 1 is 1.40 bits per heavy atom. The van der Waals surface area contributed by atoms with E-state index in [4.69, 9.17) is 0 Å². The highest BCUT2D eigenvalue weighted by atomic mass is 16.1. The van der Waals surface area contributed by atoms with Gasteiger partial charge in [-0.15, -0.1) is 0 Å². The first-order valence-corrected chi connectivity index (χ1v) is 5.51. The van der Waals surface area contributed by atoms with Crippen LogP contribution in [0, 0.1) is 0 Å². The molecule has 0 saturated heterocycles. The zero-order valence-electron chi connectivity index (χ0n) is 9.26. The second kappa shape index (κ2) is 4.14. The minimum absolute atomic E-state index is 0.0526. The molecule has 1 heterocycles. The van der Waals surface area contributed by atoms with Crippen molar-refractivity contribution in [3.63, 3.8) is 0 Å². The lowest BCUT2D eigenvalue weighted by molar-refractivity contribution is 0.582. The number of fused-ring (bicyclic) bond motifs is 1. The summed E-state index contributed by atoms with van der Waals surface area (Å²) in [6.07, 6.45) is 4.09. The van der Waals surface area contributed by atoms with Gasteiger partial charge in [-0.25, -0.2) is 4.98 Å². The number of rotatable bonds is 2. The van der Waals surface area contributed by atoms with E-state index in [1.807, 2.05) is 14.0 Å². The van der Waals surface area contributed by atoms with Crippen molar-refractivity contribution in [3.8, 4) is 0 Å². The second-order valence-corrected chi connectivity index (χ2v) is 4.09. The van der Waals surface area contributed by atoms with Gasteiger partial charge in [0.1, 0.15) is 5.82 Å². The number of H-pyrrole nitrogens is 1. The molecule has 1 aromatic heterocycles. The molecule has 1 aliphatic rings. The molecule has 0 radical (unpaired) electrons. The molecule has 15 heavy (non-hydrogen) atoms. The van der Waals surface area contributed by atoms with Gasteiger partial charge in [0, 0.05) is 5.56 Å². The van der Waals surface area contributed by atoms with Gasteiger partial charge in [-0.05, 0) is 39.7 Å². The van der Waals surface area contributed by atoms with Crippen molar-refractivity contribution >= 4 is 0 Å². The van der Waals surface area contributed by atoms with Crippen molar-refractivity contribution in [2.75, 3.05) is 7.05 Å². The monoisotopic (exact) mass is 207 g/mol. The third kappa shape index (κ3) is 1.95. The van der Waals surface area contributed by atoms with Crippen molar-refractivity contribution in [2.24, 2.45) is 0 Å². The quantitative estimate of drug-likeness (QED) is 0.758. The normalized spacial score (nSPS) is 17.2. The van der Waals surface area contributed by atoms with Crippen molar-refractivity contribution < 1.29 is 0 Å². The molecule has 0 amide bonds. The maximum absolute atomic E-state index is 11.8. The zero-order chi connectivity index (χ0) is 10.8. The smallest absolute Gasteiger partial charge is 0.254 e. The van der Waals surface area contributed by atoms with Crippen molar-refractivity contribution in [1.82, 2.24) is 15.3 Å². The largest absolute Gasteiger partial charge is 0.311 e. The maximum Gasteiger partial charge on any atom is 0.254 e. The lowest BCUT2D eigenvalue weighted by Gasteiger charge is -2.16. The number of hydrogen-bond acceptors (Lipinski definition) is 3. The standard InChI is InChI=1S/C11H17N3O/c1-7(12-2)10-13-9-6-4-3-5-8(9)11(15)14-10/h7,12H,3-6H2,1-2H3,(H,13,14,15). The first-order chi connectivity index (χ1) is 7.22. The van der Waals surface area contributed by atoms with E-state index in [9.17, 15) is 4.79 Å². The molecule has 4 heteroatoms. The summed E-state index contributed by atoms with van der Waals surface area (Å²) in [5, 5.41) is 3.08. The fourth-order valence-corrected chi connectivity index (χ4v) is 1.96. The van der Waals surface area contributed by atoms with Gasteiger partial charge in [-0.2, -0.15) is 0 Å². The minimum Gasteiger partial charge on any atom is -0.311 e. The van der Waals surface area contributed by atoms with Crippen LogP contribution < -0.4 is 10.9 Å². The van der Waals surface area contributed by atoms with Gasteiger partial charge >= 0.3 is 0 Å². The molecule has 0 spiro atoms. The first kappa shape index (κ1) is 10.4. The van der Waals surface area contributed by atoms with Gasteiger partial charge < -0.3 is 10.3 Å². The van der Waals surface area contributed by atoms with Gasteiger partial charge in [0.2, 0.25) is 0 Å². The van der Waals surface area contributed by atoms with Crippen LogP contribution in [-0.4, -0.2) is 17.0 Å². The van der Waals surface area contributed by atoms with Crippen LogP contribution in [0.1, 0.15) is 42.9 Å². The molecule has 1 atom stereocenters. The number of hydrogen-bond donors (Lipinski definition) is 2. The molecular formula is C11H17N3O. The van der Waals surface area contributed by atoms with E-state index >= 15 is 0 Å². The van der Waals surface area contributed by atoms with Crippen LogP contribution in [0.2, 0.25) is 0 Å². The first-order valence-electron chi connectivity index (χ1n) is 5.51. The summed E-state index contributed by atoms with van der Waals surface area (Å²) in [5.74, 6) is 0.753. The number of aryl methyl sites for hydroxylation is 1. The van der Waals surface area contributed by atoms with Crippen LogP contribution >= 0.6 is 0 Å². The van der Waals surface area contributed by atoms with E-state index in [0.717, 1.165) is 42.8 Å². The van der Waals surface area contributed by atoms with E-state index < -0.39 is 0 Å². The van der Waals surface area contributed by atoms with Crippen molar-refractivity contribution in [1.29, 1.82) is 0 Å². The Morgan fingerprint density at radius 3 is 2.87 bits per heavy atom. The van der Waals surface area contributed by atoms with Gasteiger partial charge in [0.25, 0.3) is 5.56 Å². The summed E-state index contributed by atoms with van der Waals surface area (Å²) in [6, 6.07) is 0.102. The van der Waals surface area contributed by atoms with Crippen LogP contribution in [-0.2, 0) is 12.8 Å². The predicted molar refractivity (Wildman–Crippen MR) is 59.0 cm³/mol. The zero-order valence-corrected chi connectivity index (χ0v) is 9.26. The number of aromatic amines is 1. The van der Waals surface area contributed by atoms with Crippen molar-refractivity contribution in [2.45, 2.75) is 38.6 Å². The van der Waals surface area contributed by atoms with Gasteiger partial charge in [0.15, 0.2) is 0 Å². The Hall–Kier alpha value is -1.16. The SMILES string of the molecule is CNC(C)c1nc2c(c(=O)[nH]1)CCCC2.